The number of hydrogen-bond donors (Lipinski definition) is 2. The molecule has 0 heterocycles. The van der Waals surface area contributed by atoms with E-state index >= 15 is 0 Å². The molecule has 0 aromatic heterocycles. The number of rotatable bonds is 8. The Kier molecular flexibility index (Phi) is 6.12. The first-order chi connectivity index (χ1) is 9.02. The summed E-state index contributed by atoms with van der Waals surface area (Å²) in [6, 6.07) is 6.04. The number of nitrogens with two attached hydrogens (primary N) is 1. The van der Waals surface area contributed by atoms with Gasteiger partial charge in [0.2, 0.25) is 0 Å². The van der Waals surface area contributed by atoms with Crippen LogP contribution in [0.2, 0.25) is 0 Å². The minimum atomic E-state index is 0.0886. The van der Waals surface area contributed by atoms with Gasteiger partial charge in [-0.3, -0.25) is 0 Å². The standard InChI is InChI=1S/C15H26N2O2/c1-15(2,8-9-16)17-10-7-12-5-6-13(18-3)14(11-12)19-4/h5-6,11,17H,7-10,16H2,1-4H3. The van der Waals surface area contributed by atoms with Crippen LogP contribution < -0.4 is 20.5 Å². The second-order valence-electron chi connectivity index (χ2n) is 5.29. The summed E-state index contributed by atoms with van der Waals surface area (Å²) in [6.45, 7) is 5.97. The van der Waals surface area contributed by atoms with Gasteiger partial charge in [-0.25, -0.2) is 0 Å². The molecule has 0 atom stereocenters. The van der Waals surface area contributed by atoms with Crippen molar-refractivity contribution in [1.82, 2.24) is 5.32 Å². The Morgan fingerprint density at radius 2 is 1.84 bits per heavy atom. The summed E-state index contributed by atoms with van der Waals surface area (Å²) in [6.07, 6.45) is 1.92. The van der Waals surface area contributed by atoms with E-state index < -0.39 is 0 Å². The highest BCUT2D eigenvalue weighted by molar-refractivity contribution is 5.42. The predicted octanol–water partition coefficient (Wildman–Crippen LogP) is 1.96. The van der Waals surface area contributed by atoms with Gasteiger partial charge >= 0.3 is 0 Å². The molecule has 4 nitrogen and oxygen atoms in total. The molecule has 19 heavy (non-hydrogen) atoms. The molecule has 108 valence electrons. The van der Waals surface area contributed by atoms with E-state index in [1.54, 1.807) is 14.2 Å². The summed E-state index contributed by atoms with van der Waals surface area (Å²) in [4.78, 5) is 0. The lowest BCUT2D eigenvalue weighted by molar-refractivity contribution is 0.353. The van der Waals surface area contributed by atoms with Crippen molar-refractivity contribution in [3.8, 4) is 11.5 Å². The topological polar surface area (TPSA) is 56.5 Å². The highest BCUT2D eigenvalue weighted by Crippen LogP contribution is 2.27. The van der Waals surface area contributed by atoms with Crippen molar-refractivity contribution in [3.05, 3.63) is 23.8 Å². The van der Waals surface area contributed by atoms with Gasteiger partial charge in [0, 0.05) is 5.54 Å². The van der Waals surface area contributed by atoms with Crippen LogP contribution in [-0.4, -0.2) is 32.8 Å². The van der Waals surface area contributed by atoms with Gasteiger partial charge in [-0.2, -0.15) is 0 Å². The van der Waals surface area contributed by atoms with E-state index in [0.717, 1.165) is 30.9 Å². The fraction of sp³-hybridized carbons (Fsp3) is 0.600. The number of methoxy groups -OCH3 is 2. The Morgan fingerprint density at radius 1 is 1.16 bits per heavy atom. The Bertz CT molecular complexity index is 392. The molecule has 0 aliphatic rings. The zero-order chi connectivity index (χ0) is 14.3. The van der Waals surface area contributed by atoms with E-state index in [-0.39, 0.29) is 5.54 Å². The van der Waals surface area contributed by atoms with Crippen LogP contribution >= 0.6 is 0 Å². The molecule has 0 spiro atoms. The highest BCUT2D eigenvalue weighted by Gasteiger charge is 2.15. The summed E-state index contributed by atoms with van der Waals surface area (Å²) in [7, 11) is 3.30. The number of nitrogens with one attached hydrogen (secondary N) is 1. The van der Waals surface area contributed by atoms with Crippen molar-refractivity contribution in [1.29, 1.82) is 0 Å². The minimum absolute atomic E-state index is 0.0886. The maximum atomic E-state index is 5.60. The Hall–Kier alpha value is -1.26. The normalized spacial score (nSPS) is 11.4. The zero-order valence-electron chi connectivity index (χ0n) is 12.5. The van der Waals surface area contributed by atoms with Crippen LogP contribution in [0.3, 0.4) is 0 Å². The third-order valence-electron chi connectivity index (χ3n) is 3.23. The third kappa shape index (κ3) is 5.09. The van der Waals surface area contributed by atoms with Gasteiger partial charge in [-0.1, -0.05) is 6.07 Å². The SMILES string of the molecule is COc1ccc(CCNC(C)(C)CCN)cc1OC. The molecule has 0 fully saturated rings. The lowest BCUT2D eigenvalue weighted by atomic mass is 10.0. The largest absolute Gasteiger partial charge is 0.493 e. The molecule has 0 saturated carbocycles. The Morgan fingerprint density at radius 3 is 2.42 bits per heavy atom. The van der Waals surface area contributed by atoms with Gasteiger partial charge in [0.25, 0.3) is 0 Å². The number of benzene rings is 1. The molecule has 4 heteroatoms. The monoisotopic (exact) mass is 266 g/mol. The predicted molar refractivity (Wildman–Crippen MR) is 79.0 cm³/mol. The molecule has 0 bridgehead atoms. The average molecular weight is 266 g/mol. The smallest absolute Gasteiger partial charge is 0.160 e. The van der Waals surface area contributed by atoms with Crippen molar-refractivity contribution < 1.29 is 9.47 Å². The fourth-order valence-corrected chi connectivity index (χ4v) is 2.03. The molecule has 0 unspecified atom stereocenters. The van der Waals surface area contributed by atoms with Gasteiger partial charge in [0.05, 0.1) is 14.2 Å². The second-order valence-corrected chi connectivity index (χ2v) is 5.29. The van der Waals surface area contributed by atoms with Crippen molar-refractivity contribution in [2.24, 2.45) is 5.73 Å². The molecule has 0 amide bonds. The zero-order valence-corrected chi connectivity index (χ0v) is 12.5. The lowest BCUT2D eigenvalue weighted by Gasteiger charge is -2.25. The van der Waals surface area contributed by atoms with E-state index in [1.807, 2.05) is 12.1 Å². The highest BCUT2D eigenvalue weighted by atomic mass is 16.5. The molecule has 1 rings (SSSR count). The van der Waals surface area contributed by atoms with Gasteiger partial charge in [-0.05, 0) is 57.5 Å². The van der Waals surface area contributed by atoms with Crippen LogP contribution in [0.5, 0.6) is 11.5 Å². The summed E-state index contributed by atoms with van der Waals surface area (Å²) in [5, 5.41) is 3.52. The van der Waals surface area contributed by atoms with Crippen molar-refractivity contribution in [3.63, 3.8) is 0 Å². The second kappa shape index (κ2) is 7.36. The molecular weight excluding hydrogens is 240 g/mol. The molecule has 1 aromatic carbocycles. The molecule has 0 radical (unpaired) electrons. The van der Waals surface area contributed by atoms with E-state index in [2.05, 4.69) is 25.2 Å². The Balaban J connectivity index is 2.54. The summed E-state index contributed by atoms with van der Waals surface area (Å²) >= 11 is 0. The molecule has 1 aromatic rings. The maximum Gasteiger partial charge on any atom is 0.160 e. The first-order valence-corrected chi connectivity index (χ1v) is 6.68. The number of ether oxygens (including phenoxy) is 2. The summed E-state index contributed by atoms with van der Waals surface area (Å²) in [5.41, 5.74) is 6.92. The maximum absolute atomic E-state index is 5.60. The van der Waals surface area contributed by atoms with Crippen LogP contribution in [0.25, 0.3) is 0 Å². The van der Waals surface area contributed by atoms with Crippen LogP contribution in [0.4, 0.5) is 0 Å². The molecular formula is C15H26N2O2. The van der Waals surface area contributed by atoms with E-state index in [4.69, 9.17) is 15.2 Å². The molecule has 0 saturated heterocycles. The summed E-state index contributed by atoms with van der Waals surface area (Å²) < 4.78 is 10.5. The third-order valence-corrected chi connectivity index (χ3v) is 3.23. The van der Waals surface area contributed by atoms with Gasteiger partial charge < -0.3 is 20.5 Å². The van der Waals surface area contributed by atoms with Gasteiger partial charge in [0.15, 0.2) is 11.5 Å². The van der Waals surface area contributed by atoms with E-state index in [1.165, 1.54) is 5.56 Å². The molecule has 0 aliphatic carbocycles. The summed E-state index contributed by atoms with van der Waals surface area (Å²) in [5.74, 6) is 1.55. The van der Waals surface area contributed by atoms with E-state index in [0.29, 0.717) is 6.54 Å². The quantitative estimate of drug-likeness (QED) is 0.755. The fourth-order valence-electron chi connectivity index (χ4n) is 2.03. The van der Waals surface area contributed by atoms with Gasteiger partial charge in [0.1, 0.15) is 0 Å². The van der Waals surface area contributed by atoms with Crippen molar-refractivity contribution in [2.45, 2.75) is 32.2 Å². The van der Waals surface area contributed by atoms with Crippen molar-refractivity contribution >= 4 is 0 Å². The molecule has 0 aliphatic heterocycles. The average Bonchev–Trinajstić information content (AvgIpc) is 2.38. The molecule has 3 N–H and O–H groups in total. The first-order valence-electron chi connectivity index (χ1n) is 6.68. The van der Waals surface area contributed by atoms with Crippen LogP contribution in [0, 0.1) is 0 Å². The lowest BCUT2D eigenvalue weighted by Crippen LogP contribution is -2.41. The van der Waals surface area contributed by atoms with E-state index in [9.17, 15) is 0 Å². The van der Waals surface area contributed by atoms with Crippen LogP contribution in [0.1, 0.15) is 25.8 Å². The van der Waals surface area contributed by atoms with Crippen molar-refractivity contribution in [2.75, 3.05) is 27.3 Å². The number of hydrogen-bond acceptors (Lipinski definition) is 4. The first kappa shape index (κ1) is 15.8. The van der Waals surface area contributed by atoms with Gasteiger partial charge in [-0.15, -0.1) is 0 Å². The van der Waals surface area contributed by atoms with Crippen LogP contribution in [-0.2, 0) is 6.42 Å². The minimum Gasteiger partial charge on any atom is -0.493 e. The Labute approximate surface area is 116 Å². The van der Waals surface area contributed by atoms with Crippen LogP contribution in [0.15, 0.2) is 18.2 Å².